The van der Waals surface area contributed by atoms with E-state index >= 15 is 0 Å². The van der Waals surface area contributed by atoms with Crippen molar-refractivity contribution in [2.75, 3.05) is 30.9 Å². The van der Waals surface area contributed by atoms with E-state index in [4.69, 9.17) is 10.9 Å². The zero-order chi connectivity index (χ0) is 15.9. The summed E-state index contributed by atoms with van der Waals surface area (Å²) in [5.74, 6) is 0.262. The molecule has 0 bridgehead atoms. The van der Waals surface area contributed by atoms with Crippen molar-refractivity contribution in [2.24, 2.45) is 10.9 Å². The SMILES string of the molecule is CS(=O)CCNCCS(=O)(=O)c1cccc(/C(N)=N/O)c1. The van der Waals surface area contributed by atoms with Gasteiger partial charge in [0, 0.05) is 41.5 Å². The molecular weight excluding hydrogens is 314 g/mol. The second-order valence-electron chi connectivity index (χ2n) is 4.36. The van der Waals surface area contributed by atoms with Gasteiger partial charge in [0.25, 0.3) is 0 Å². The van der Waals surface area contributed by atoms with Crippen LogP contribution in [-0.4, -0.2) is 54.5 Å². The zero-order valence-electron chi connectivity index (χ0n) is 11.7. The minimum absolute atomic E-state index is 0.0804. The van der Waals surface area contributed by atoms with E-state index < -0.39 is 20.6 Å². The molecule has 0 saturated heterocycles. The Balaban J connectivity index is 2.68. The van der Waals surface area contributed by atoms with Crippen molar-refractivity contribution in [3.63, 3.8) is 0 Å². The van der Waals surface area contributed by atoms with Crippen molar-refractivity contribution in [1.29, 1.82) is 0 Å². The molecule has 1 rings (SSSR count). The van der Waals surface area contributed by atoms with Gasteiger partial charge in [0.2, 0.25) is 0 Å². The van der Waals surface area contributed by atoms with Gasteiger partial charge < -0.3 is 16.3 Å². The third-order valence-electron chi connectivity index (χ3n) is 2.71. The lowest BCUT2D eigenvalue weighted by Gasteiger charge is -2.07. The highest BCUT2D eigenvalue weighted by atomic mass is 32.2. The van der Waals surface area contributed by atoms with Crippen molar-refractivity contribution < 1.29 is 17.8 Å². The topological polar surface area (TPSA) is 122 Å². The number of nitrogens with one attached hydrogen (secondary N) is 1. The quantitative estimate of drug-likeness (QED) is 0.194. The lowest BCUT2D eigenvalue weighted by atomic mass is 10.2. The van der Waals surface area contributed by atoms with Crippen molar-refractivity contribution >= 4 is 26.5 Å². The number of nitrogens with two attached hydrogens (primary N) is 1. The van der Waals surface area contributed by atoms with Crippen LogP contribution in [0.4, 0.5) is 0 Å². The molecule has 1 unspecified atom stereocenters. The number of sulfone groups is 1. The van der Waals surface area contributed by atoms with E-state index in [0.29, 0.717) is 17.9 Å². The van der Waals surface area contributed by atoms with Crippen LogP contribution in [-0.2, 0) is 20.6 Å². The van der Waals surface area contributed by atoms with Gasteiger partial charge in [-0.2, -0.15) is 0 Å². The highest BCUT2D eigenvalue weighted by molar-refractivity contribution is 7.91. The van der Waals surface area contributed by atoms with Crippen LogP contribution in [0.25, 0.3) is 0 Å². The van der Waals surface area contributed by atoms with Crippen molar-refractivity contribution in [3.8, 4) is 0 Å². The first kappa shape index (κ1) is 17.6. The Morgan fingerprint density at radius 3 is 2.76 bits per heavy atom. The average molecular weight is 333 g/mol. The van der Waals surface area contributed by atoms with E-state index in [1.54, 1.807) is 12.3 Å². The Morgan fingerprint density at radius 1 is 1.43 bits per heavy atom. The van der Waals surface area contributed by atoms with Crippen molar-refractivity contribution in [2.45, 2.75) is 4.90 Å². The van der Waals surface area contributed by atoms with Crippen LogP contribution in [0.5, 0.6) is 0 Å². The standard InChI is InChI=1S/C12H19N3O4S2/c1-20(17)7-5-14-6-8-21(18,19)11-4-2-3-10(9-11)12(13)15-16/h2-4,9,14,16H,5-8H2,1H3,(H2,13,15). The summed E-state index contributed by atoms with van der Waals surface area (Å²) in [6.45, 7) is 0.774. The molecule has 0 saturated carbocycles. The molecule has 0 aliphatic heterocycles. The number of hydrogen-bond donors (Lipinski definition) is 3. The zero-order valence-corrected chi connectivity index (χ0v) is 13.3. The molecule has 0 amide bonds. The summed E-state index contributed by atoms with van der Waals surface area (Å²) >= 11 is 0. The molecule has 0 aliphatic rings. The lowest BCUT2D eigenvalue weighted by Crippen LogP contribution is -2.26. The van der Waals surface area contributed by atoms with Gasteiger partial charge in [0.1, 0.15) is 0 Å². The monoisotopic (exact) mass is 333 g/mol. The van der Waals surface area contributed by atoms with E-state index in [1.165, 1.54) is 18.2 Å². The van der Waals surface area contributed by atoms with Gasteiger partial charge in [-0.15, -0.1) is 0 Å². The summed E-state index contributed by atoms with van der Waals surface area (Å²) in [7, 11) is -4.35. The molecule has 7 nitrogen and oxygen atoms in total. The molecule has 0 fully saturated rings. The van der Waals surface area contributed by atoms with Gasteiger partial charge in [-0.1, -0.05) is 17.3 Å². The number of rotatable bonds is 8. The molecule has 9 heteroatoms. The van der Waals surface area contributed by atoms with Gasteiger partial charge in [-0.3, -0.25) is 4.21 Å². The molecule has 0 radical (unpaired) electrons. The molecule has 21 heavy (non-hydrogen) atoms. The molecule has 4 N–H and O–H groups in total. The molecule has 118 valence electrons. The second-order valence-corrected chi connectivity index (χ2v) is 8.02. The molecular formula is C12H19N3O4S2. The summed E-state index contributed by atoms with van der Waals surface area (Å²) < 4.78 is 35.2. The van der Waals surface area contributed by atoms with E-state index in [0.717, 1.165) is 0 Å². The fourth-order valence-corrected chi connectivity index (χ4v) is 3.24. The number of hydrogen-bond acceptors (Lipinski definition) is 6. The molecule has 1 aromatic rings. The Kier molecular flexibility index (Phi) is 6.79. The number of nitrogens with zero attached hydrogens (tertiary/aromatic N) is 1. The van der Waals surface area contributed by atoms with Gasteiger partial charge in [-0.25, -0.2) is 8.42 Å². The smallest absolute Gasteiger partial charge is 0.179 e. The maximum atomic E-state index is 12.1. The lowest BCUT2D eigenvalue weighted by molar-refractivity contribution is 0.318. The molecule has 0 aromatic heterocycles. The van der Waals surface area contributed by atoms with Crippen LogP contribution in [0.15, 0.2) is 34.3 Å². The minimum Gasteiger partial charge on any atom is -0.409 e. The van der Waals surface area contributed by atoms with Crippen LogP contribution in [0, 0.1) is 0 Å². The van der Waals surface area contributed by atoms with Gasteiger partial charge in [0.15, 0.2) is 15.7 Å². The Labute approximate surface area is 126 Å². The first-order valence-electron chi connectivity index (χ1n) is 6.18. The maximum absolute atomic E-state index is 12.1. The number of benzene rings is 1. The highest BCUT2D eigenvalue weighted by Gasteiger charge is 2.15. The summed E-state index contributed by atoms with van der Waals surface area (Å²) in [5.41, 5.74) is 5.78. The maximum Gasteiger partial charge on any atom is 0.179 e. The first-order chi connectivity index (χ1) is 9.86. The Bertz CT molecular complexity index is 629. The fraction of sp³-hybridized carbons (Fsp3) is 0.417. The van der Waals surface area contributed by atoms with Crippen LogP contribution in [0.1, 0.15) is 5.56 Å². The molecule has 1 aromatic carbocycles. The summed E-state index contributed by atoms with van der Waals surface area (Å²) in [5, 5.41) is 14.4. The van der Waals surface area contributed by atoms with Crippen LogP contribution in [0.3, 0.4) is 0 Å². The minimum atomic E-state index is -3.46. The van der Waals surface area contributed by atoms with Crippen LogP contribution >= 0.6 is 0 Å². The predicted octanol–water partition coefficient (Wildman–Crippen LogP) is -0.477. The third-order valence-corrected chi connectivity index (χ3v) is 5.20. The van der Waals surface area contributed by atoms with Crippen LogP contribution < -0.4 is 11.1 Å². The van der Waals surface area contributed by atoms with Crippen molar-refractivity contribution in [1.82, 2.24) is 5.32 Å². The average Bonchev–Trinajstić information content (AvgIpc) is 2.45. The fourth-order valence-electron chi connectivity index (χ4n) is 1.57. The Hall–Kier alpha value is -1.45. The van der Waals surface area contributed by atoms with Gasteiger partial charge in [-0.05, 0) is 12.1 Å². The second kappa shape index (κ2) is 8.11. The predicted molar refractivity (Wildman–Crippen MR) is 82.8 cm³/mol. The van der Waals surface area contributed by atoms with Gasteiger partial charge >= 0.3 is 0 Å². The normalized spacial score (nSPS) is 14.0. The largest absolute Gasteiger partial charge is 0.409 e. The van der Waals surface area contributed by atoms with E-state index in [2.05, 4.69) is 10.5 Å². The van der Waals surface area contributed by atoms with E-state index in [9.17, 15) is 12.6 Å². The van der Waals surface area contributed by atoms with E-state index in [-0.39, 0.29) is 23.0 Å². The third kappa shape index (κ3) is 5.82. The number of oxime groups is 1. The highest BCUT2D eigenvalue weighted by Crippen LogP contribution is 2.13. The van der Waals surface area contributed by atoms with Crippen LogP contribution in [0.2, 0.25) is 0 Å². The molecule has 0 spiro atoms. The summed E-state index contributed by atoms with van der Waals surface area (Å²) in [4.78, 5) is 0.118. The first-order valence-corrected chi connectivity index (χ1v) is 9.56. The number of amidine groups is 1. The molecule has 1 atom stereocenters. The molecule has 0 heterocycles. The molecule has 0 aliphatic carbocycles. The van der Waals surface area contributed by atoms with Crippen molar-refractivity contribution in [3.05, 3.63) is 29.8 Å². The summed E-state index contributed by atoms with van der Waals surface area (Å²) in [6, 6.07) is 5.92. The van der Waals surface area contributed by atoms with E-state index in [1.807, 2.05) is 0 Å². The summed E-state index contributed by atoms with van der Waals surface area (Å²) in [6.07, 6.45) is 1.59. The van der Waals surface area contributed by atoms with Gasteiger partial charge in [0.05, 0.1) is 10.6 Å². The Morgan fingerprint density at radius 2 is 2.14 bits per heavy atom.